The highest BCUT2D eigenvalue weighted by molar-refractivity contribution is 5.49. The zero-order chi connectivity index (χ0) is 12.3. The van der Waals surface area contributed by atoms with E-state index in [1.807, 2.05) is 18.2 Å². The Morgan fingerprint density at radius 2 is 2.18 bits per heavy atom. The van der Waals surface area contributed by atoms with Crippen molar-refractivity contribution in [3.05, 3.63) is 40.7 Å². The molecule has 0 aliphatic heterocycles. The molecule has 0 spiro atoms. The molecule has 0 bridgehead atoms. The molecular formula is C14H19NO2. The Morgan fingerprint density at radius 3 is 2.71 bits per heavy atom. The van der Waals surface area contributed by atoms with Crippen LogP contribution in [0.15, 0.2) is 29.5 Å². The maximum absolute atomic E-state index is 9.04. The summed E-state index contributed by atoms with van der Waals surface area (Å²) in [6.45, 7) is -0.000511. The van der Waals surface area contributed by atoms with E-state index < -0.39 is 0 Å². The second-order valence-corrected chi connectivity index (χ2v) is 4.42. The fraction of sp³-hybridized carbons (Fsp3) is 0.429. The van der Waals surface area contributed by atoms with E-state index in [0.29, 0.717) is 5.69 Å². The molecule has 0 atom stereocenters. The topological polar surface area (TPSA) is 55.5 Å². The number of benzene rings is 1. The van der Waals surface area contributed by atoms with E-state index in [-0.39, 0.29) is 6.61 Å². The van der Waals surface area contributed by atoms with Gasteiger partial charge in [-0.25, -0.2) is 0 Å². The molecule has 3 N–H and O–H groups in total. The summed E-state index contributed by atoms with van der Waals surface area (Å²) in [5, 5.41) is 9.04. The van der Waals surface area contributed by atoms with Crippen LogP contribution < -0.4 is 5.73 Å². The van der Waals surface area contributed by atoms with Crippen LogP contribution in [0.3, 0.4) is 0 Å². The number of allylic oxidation sites excluding steroid dienone is 2. The summed E-state index contributed by atoms with van der Waals surface area (Å²) in [5.41, 5.74) is 9.94. The lowest BCUT2D eigenvalue weighted by Crippen LogP contribution is -1.97. The first-order valence-electron chi connectivity index (χ1n) is 5.97. The predicted molar refractivity (Wildman–Crippen MR) is 68.4 cm³/mol. The van der Waals surface area contributed by atoms with E-state index in [1.165, 1.54) is 24.0 Å². The number of aryl methyl sites for hydroxylation is 1. The lowest BCUT2D eigenvalue weighted by molar-refractivity contribution is 0.275. The summed E-state index contributed by atoms with van der Waals surface area (Å²) in [7, 11) is 1.74. The van der Waals surface area contributed by atoms with Gasteiger partial charge in [0.1, 0.15) is 0 Å². The van der Waals surface area contributed by atoms with Crippen molar-refractivity contribution < 1.29 is 9.84 Å². The Balaban J connectivity index is 1.99. The van der Waals surface area contributed by atoms with Crippen LogP contribution in [0.25, 0.3) is 0 Å². The van der Waals surface area contributed by atoms with Crippen molar-refractivity contribution in [2.75, 3.05) is 12.8 Å². The normalized spacial score (nSPS) is 13.6. The number of aliphatic hydroxyl groups excluding tert-OH is 1. The minimum atomic E-state index is -0.000511. The SMILES string of the molecule is COC(CCc1ccc(CO)c(N)c1)=C1CC1. The molecule has 2 rings (SSSR count). The van der Waals surface area contributed by atoms with Gasteiger partial charge in [-0.2, -0.15) is 0 Å². The molecule has 1 saturated carbocycles. The van der Waals surface area contributed by atoms with Crippen LogP contribution in [-0.4, -0.2) is 12.2 Å². The van der Waals surface area contributed by atoms with Crippen molar-refractivity contribution in [2.24, 2.45) is 0 Å². The smallest absolute Gasteiger partial charge is 0.0950 e. The minimum absolute atomic E-state index is 0.000511. The molecule has 92 valence electrons. The Hall–Kier alpha value is -1.48. The van der Waals surface area contributed by atoms with Crippen LogP contribution in [0, 0.1) is 0 Å². The fourth-order valence-electron chi connectivity index (χ4n) is 1.97. The van der Waals surface area contributed by atoms with Crippen LogP contribution in [0.5, 0.6) is 0 Å². The Labute approximate surface area is 102 Å². The summed E-state index contributed by atoms with van der Waals surface area (Å²) in [6, 6.07) is 5.85. The molecule has 1 fully saturated rings. The molecule has 0 radical (unpaired) electrons. The van der Waals surface area contributed by atoms with Gasteiger partial charge in [-0.3, -0.25) is 0 Å². The van der Waals surface area contributed by atoms with Crippen molar-refractivity contribution in [3.63, 3.8) is 0 Å². The van der Waals surface area contributed by atoms with Crippen molar-refractivity contribution in [3.8, 4) is 0 Å². The zero-order valence-electron chi connectivity index (χ0n) is 10.2. The second-order valence-electron chi connectivity index (χ2n) is 4.42. The van der Waals surface area contributed by atoms with Crippen molar-refractivity contribution in [1.29, 1.82) is 0 Å². The third kappa shape index (κ3) is 3.01. The predicted octanol–water partition coefficient (Wildman–Crippen LogP) is 2.39. The molecule has 1 aromatic rings. The largest absolute Gasteiger partial charge is 0.501 e. The van der Waals surface area contributed by atoms with Gasteiger partial charge in [0.15, 0.2) is 0 Å². The van der Waals surface area contributed by atoms with Gasteiger partial charge in [0.25, 0.3) is 0 Å². The lowest BCUT2D eigenvalue weighted by Gasteiger charge is -2.08. The minimum Gasteiger partial charge on any atom is -0.501 e. The summed E-state index contributed by atoms with van der Waals surface area (Å²) < 4.78 is 5.38. The van der Waals surface area contributed by atoms with E-state index in [2.05, 4.69) is 0 Å². The number of methoxy groups -OCH3 is 1. The molecule has 0 aromatic heterocycles. The summed E-state index contributed by atoms with van der Waals surface area (Å²) >= 11 is 0. The van der Waals surface area contributed by atoms with Gasteiger partial charge in [-0.05, 0) is 36.5 Å². The van der Waals surface area contributed by atoms with Crippen molar-refractivity contribution in [2.45, 2.75) is 32.3 Å². The van der Waals surface area contributed by atoms with Crippen molar-refractivity contribution >= 4 is 5.69 Å². The highest BCUT2D eigenvalue weighted by atomic mass is 16.5. The van der Waals surface area contributed by atoms with Crippen LogP contribution in [0.1, 0.15) is 30.4 Å². The highest BCUT2D eigenvalue weighted by Crippen LogP contribution is 2.33. The average Bonchev–Trinajstić information content (AvgIpc) is 3.14. The first kappa shape index (κ1) is 12.0. The number of ether oxygens (including phenoxy) is 1. The standard InChI is InChI=1S/C14H19NO2/c1-17-14(11-5-6-11)7-3-10-2-4-12(9-16)13(15)8-10/h2,4,8,16H,3,5-7,9,15H2,1H3. The van der Waals surface area contributed by atoms with Crippen LogP contribution in [0.2, 0.25) is 0 Å². The van der Waals surface area contributed by atoms with E-state index >= 15 is 0 Å². The molecular weight excluding hydrogens is 214 g/mol. The highest BCUT2D eigenvalue weighted by Gasteiger charge is 2.18. The monoisotopic (exact) mass is 233 g/mol. The van der Waals surface area contributed by atoms with E-state index in [4.69, 9.17) is 15.6 Å². The third-order valence-electron chi connectivity index (χ3n) is 3.16. The van der Waals surface area contributed by atoms with Gasteiger partial charge in [0.2, 0.25) is 0 Å². The van der Waals surface area contributed by atoms with Crippen LogP contribution >= 0.6 is 0 Å². The quantitative estimate of drug-likeness (QED) is 0.606. The number of nitrogen functional groups attached to an aromatic ring is 1. The molecule has 0 heterocycles. The van der Waals surface area contributed by atoms with Gasteiger partial charge in [-0.15, -0.1) is 0 Å². The summed E-state index contributed by atoms with van der Waals surface area (Å²) in [5.74, 6) is 1.13. The Kier molecular flexibility index (Phi) is 3.69. The number of hydrogen-bond donors (Lipinski definition) is 2. The van der Waals surface area contributed by atoms with Gasteiger partial charge in [0, 0.05) is 17.7 Å². The van der Waals surface area contributed by atoms with Gasteiger partial charge in [0.05, 0.1) is 19.5 Å². The third-order valence-corrected chi connectivity index (χ3v) is 3.16. The molecule has 0 unspecified atom stereocenters. The molecule has 17 heavy (non-hydrogen) atoms. The maximum atomic E-state index is 9.04. The molecule has 3 heteroatoms. The van der Waals surface area contributed by atoms with Crippen molar-refractivity contribution in [1.82, 2.24) is 0 Å². The van der Waals surface area contributed by atoms with Gasteiger partial charge in [-0.1, -0.05) is 12.1 Å². The molecule has 0 saturated heterocycles. The summed E-state index contributed by atoms with van der Waals surface area (Å²) in [4.78, 5) is 0. The molecule has 1 aliphatic carbocycles. The van der Waals surface area contributed by atoms with Gasteiger partial charge >= 0.3 is 0 Å². The molecule has 3 nitrogen and oxygen atoms in total. The van der Waals surface area contributed by atoms with Crippen LogP contribution in [-0.2, 0) is 17.8 Å². The number of aliphatic hydroxyl groups is 1. The Morgan fingerprint density at radius 1 is 1.41 bits per heavy atom. The summed E-state index contributed by atoms with van der Waals surface area (Å²) in [6.07, 6.45) is 4.25. The van der Waals surface area contributed by atoms with Gasteiger partial charge < -0.3 is 15.6 Å². The lowest BCUT2D eigenvalue weighted by atomic mass is 10.0. The maximum Gasteiger partial charge on any atom is 0.0950 e. The number of rotatable bonds is 5. The second kappa shape index (κ2) is 5.23. The molecule has 1 aromatic carbocycles. The molecule has 0 amide bonds. The Bertz CT molecular complexity index is 432. The van der Waals surface area contributed by atoms with Crippen LogP contribution in [0.4, 0.5) is 5.69 Å². The molecule has 1 aliphatic rings. The van der Waals surface area contributed by atoms with E-state index in [9.17, 15) is 0 Å². The average molecular weight is 233 g/mol. The number of hydrogen-bond acceptors (Lipinski definition) is 3. The number of anilines is 1. The first-order valence-corrected chi connectivity index (χ1v) is 5.97. The zero-order valence-corrected chi connectivity index (χ0v) is 10.2. The van der Waals surface area contributed by atoms with E-state index in [1.54, 1.807) is 7.11 Å². The fourth-order valence-corrected chi connectivity index (χ4v) is 1.97. The van der Waals surface area contributed by atoms with E-state index in [0.717, 1.165) is 24.2 Å². The number of nitrogens with two attached hydrogens (primary N) is 1. The first-order chi connectivity index (χ1) is 8.24.